The number of sulfonamides is 1. The molecule has 5 nitrogen and oxygen atoms in total. The molecule has 0 amide bonds. The molecular weight excluding hydrogens is 308 g/mol. The topological polar surface area (TPSA) is 92.4 Å². The van der Waals surface area contributed by atoms with Crippen LogP contribution >= 0.6 is 11.8 Å². The van der Waals surface area contributed by atoms with E-state index in [4.69, 9.17) is 5.73 Å². The standard InChI is InChI=1S/C14H22N2O3S2/c15-12-4-6-13(7-5-12)20-8-9-21(18,19)16-14-3-1-2-11(14)10-17/h4-7,11,14,16-17H,1-3,8-10,15H2. The average Bonchev–Trinajstić information content (AvgIpc) is 2.87. The van der Waals surface area contributed by atoms with Crippen LogP contribution in [0.1, 0.15) is 19.3 Å². The minimum absolute atomic E-state index is 0.0490. The molecule has 7 heteroatoms. The van der Waals surface area contributed by atoms with Crippen molar-refractivity contribution in [1.29, 1.82) is 0 Å². The van der Waals surface area contributed by atoms with Crippen molar-refractivity contribution in [2.45, 2.75) is 30.2 Å². The summed E-state index contributed by atoms with van der Waals surface area (Å²) in [6.45, 7) is 0.0490. The van der Waals surface area contributed by atoms with E-state index in [-0.39, 0.29) is 24.3 Å². The first-order valence-electron chi connectivity index (χ1n) is 7.09. The van der Waals surface area contributed by atoms with Gasteiger partial charge in [-0.15, -0.1) is 11.8 Å². The summed E-state index contributed by atoms with van der Waals surface area (Å²) >= 11 is 1.50. The van der Waals surface area contributed by atoms with Crippen LogP contribution in [-0.4, -0.2) is 37.7 Å². The highest BCUT2D eigenvalue weighted by atomic mass is 32.2. The molecule has 21 heavy (non-hydrogen) atoms. The van der Waals surface area contributed by atoms with Crippen LogP contribution in [0.25, 0.3) is 0 Å². The Kier molecular flexibility index (Phi) is 5.92. The van der Waals surface area contributed by atoms with Gasteiger partial charge in [-0.1, -0.05) is 6.42 Å². The Hall–Kier alpha value is -0.760. The van der Waals surface area contributed by atoms with E-state index in [1.54, 1.807) is 12.1 Å². The highest BCUT2D eigenvalue weighted by Gasteiger charge is 2.29. The third-order valence-corrected chi connectivity index (χ3v) is 6.40. The lowest BCUT2D eigenvalue weighted by atomic mass is 10.1. The van der Waals surface area contributed by atoms with Gasteiger partial charge in [-0.3, -0.25) is 0 Å². The fourth-order valence-corrected chi connectivity index (χ4v) is 5.20. The van der Waals surface area contributed by atoms with Gasteiger partial charge < -0.3 is 10.8 Å². The zero-order chi connectivity index (χ0) is 15.3. The molecule has 118 valence electrons. The van der Waals surface area contributed by atoms with Gasteiger partial charge in [0.15, 0.2) is 0 Å². The fraction of sp³-hybridized carbons (Fsp3) is 0.571. The molecule has 1 aliphatic rings. The molecule has 2 rings (SSSR count). The van der Waals surface area contributed by atoms with Gasteiger partial charge in [0.05, 0.1) is 5.75 Å². The van der Waals surface area contributed by atoms with E-state index in [1.807, 2.05) is 12.1 Å². The van der Waals surface area contributed by atoms with Crippen LogP contribution in [0, 0.1) is 5.92 Å². The third-order valence-electron chi connectivity index (χ3n) is 3.73. The first kappa shape index (κ1) is 16.6. The largest absolute Gasteiger partial charge is 0.399 e. The smallest absolute Gasteiger partial charge is 0.212 e. The number of hydrogen-bond donors (Lipinski definition) is 3. The molecule has 4 N–H and O–H groups in total. The van der Waals surface area contributed by atoms with Crippen LogP contribution in [0.2, 0.25) is 0 Å². The minimum atomic E-state index is -3.29. The Morgan fingerprint density at radius 3 is 2.67 bits per heavy atom. The maximum Gasteiger partial charge on any atom is 0.212 e. The van der Waals surface area contributed by atoms with E-state index >= 15 is 0 Å². The molecule has 0 bridgehead atoms. The van der Waals surface area contributed by atoms with Gasteiger partial charge in [-0.05, 0) is 43.0 Å². The molecule has 2 atom stereocenters. The highest BCUT2D eigenvalue weighted by Crippen LogP contribution is 2.26. The summed E-state index contributed by atoms with van der Waals surface area (Å²) in [4.78, 5) is 1.01. The average molecular weight is 330 g/mol. The van der Waals surface area contributed by atoms with E-state index in [0.717, 1.165) is 24.2 Å². The van der Waals surface area contributed by atoms with Crippen molar-refractivity contribution in [3.8, 4) is 0 Å². The second kappa shape index (κ2) is 7.49. The predicted molar refractivity (Wildman–Crippen MR) is 86.7 cm³/mol. The van der Waals surface area contributed by atoms with Crippen LogP contribution in [-0.2, 0) is 10.0 Å². The zero-order valence-electron chi connectivity index (χ0n) is 11.9. The number of rotatable bonds is 7. The molecule has 0 heterocycles. The van der Waals surface area contributed by atoms with Gasteiger partial charge in [0, 0.05) is 29.0 Å². The van der Waals surface area contributed by atoms with E-state index in [2.05, 4.69) is 4.72 Å². The van der Waals surface area contributed by atoms with Crippen molar-refractivity contribution in [3.63, 3.8) is 0 Å². The van der Waals surface area contributed by atoms with Crippen molar-refractivity contribution in [1.82, 2.24) is 4.72 Å². The maximum atomic E-state index is 12.1. The van der Waals surface area contributed by atoms with E-state index in [1.165, 1.54) is 11.8 Å². The first-order chi connectivity index (χ1) is 10.00. The molecule has 0 spiro atoms. The van der Waals surface area contributed by atoms with Gasteiger partial charge in [-0.2, -0.15) is 0 Å². The Balaban J connectivity index is 1.80. The number of benzene rings is 1. The molecule has 0 radical (unpaired) electrons. The van der Waals surface area contributed by atoms with E-state index in [9.17, 15) is 13.5 Å². The van der Waals surface area contributed by atoms with Crippen molar-refractivity contribution in [2.24, 2.45) is 5.92 Å². The molecule has 0 saturated heterocycles. The second-order valence-electron chi connectivity index (χ2n) is 5.33. The van der Waals surface area contributed by atoms with Crippen LogP contribution in [0.4, 0.5) is 5.69 Å². The van der Waals surface area contributed by atoms with Crippen molar-refractivity contribution in [3.05, 3.63) is 24.3 Å². The normalized spacial score (nSPS) is 22.5. The van der Waals surface area contributed by atoms with Crippen molar-refractivity contribution < 1.29 is 13.5 Å². The van der Waals surface area contributed by atoms with E-state index in [0.29, 0.717) is 11.4 Å². The minimum Gasteiger partial charge on any atom is -0.399 e. The number of aliphatic hydroxyl groups excluding tert-OH is 1. The van der Waals surface area contributed by atoms with Gasteiger partial charge in [0.25, 0.3) is 0 Å². The predicted octanol–water partition coefficient (Wildman–Crippen LogP) is 1.44. The highest BCUT2D eigenvalue weighted by molar-refractivity contribution is 8.00. The molecule has 2 unspecified atom stereocenters. The summed E-state index contributed by atoms with van der Waals surface area (Å²) in [6, 6.07) is 7.28. The Bertz CT molecular complexity index is 546. The molecular formula is C14H22N2O3S2. The molecule has 0 aromatic heterocycles. The number of thioether (sulfide) groups is 1. The SMILES string of the molecule is Nc1ccc(SCCS(=O)(=O)NC2CCCC2CO)cc1. The van der Waals surface area contributed by atoms with Gasteiger partial charge in [0.2, 0.25) is 10.0 Å². The first-order valence-corrected chi connectivity index (χ1v) is 9.73. The zero-order valence-corrected chi connectivity index (χ0v) is 13.5. The molecule has 1 aromatic carbocycles. The quantitative estimate of drug-likeness (QED) is 0.520. The number of hydrogen-bond acceptors (Lipinski definition) is 5. The third kappa shape index (κ3) is 5.18. The summed E-state index contributed by atoms with van der Waals surface area (Å²) in [6.07, 6.45) is 2.68. The van der Waals surface area contributed by atoms with Crippen LogP contribution in [0.5, 0.6) is 0 Å². The van der Waals surface area contributed by atoms with E-state index < -0.39 is 10.0 Å². The number of anilines is 1. The van der Waals surface area contributed by atoms with Gasteiger partial charge in [-0.25, -0.2) is 13.1 Å². The summed E-state index contributed by atoms with van der Waals surface area (Å²) in [5.41, 5.74) is 6.31. The number of nitrogens with two attached hydrogens (primary N) is 1. The van der Waals surface area contributed by atoms with Crippen molar-refractivity contribution >= 4 is 27.5 Å². The van der Waals surface area contributed by atoms with Gasteiger partial charge >= 0.3 is 0 Å². The number of nitrogens with one attached hydrogen (secondary N) is 1. The Labute approximate surface area is 130 Å². The summed E-state index contributed by atoms with van der Waals surface area (Å²) in [5, 5.41) is 9.23. The Morgan fingerprint density at radius 1 is 1.29 bits per heavy atom. The molecule has 1 saturated carbocycles. The summed E-state index contributed by atoms with van der Waals surface area (Å²) in [7, 11) is -3.29. The molecule has 1 fully saturated rings. The summed E-state index contributed by atoms with van der Waals surface area (Å²) < 4.78 is 26.9. The molecule has 0 aliphatic heterocycles. The molecule has 1 aliphatic carbocycles. The molecule has 1 aromatic rings. The monoisotopic (exact) mass is 330 g/mol. The Morgan fingerprint density at radius 2 is 2.00 bits per heavy atom. The number of nitrogen functional groups attached to an aromatic ring is 1. The fourth-order valence-electron chi connectivity index (χ4n) is 2.53. The second-order valence-corrected chi connectivity index (χ2v) is 8.38. The maximum absolute atomic E-state index is 12.1. The van der Waals surface area contributed by atoms with Crippen LogP contribution < -0.4 is 10.5 Å². The lowest BCUT2D eigenvalue weighted by molar-refractivity contribution is 0.213. The van der Waals surface area contributed by atoms with Crippen molar-refractivity contribution in [2.75, 3.05) is 23.8 Å². The lowest BCUT2D eigenvalue weighted by Gasteiger charge is -2.18. The van der Waals surface area contributed by atoms with Crippen LogP contribution in [0.3, 0.4) is 0 Å². The van der Waals surface area contributed by atoms with Crippen LogP contribution in [0.15, 0.2) is 29.2 Å². The summed E-state index contributed by atoms with van der Waals surface area (Å²) in [5.74, 6) is 0.636. The lowest BCUT2D eigenvalue weighted by Crippen LogP contribution is -2.40. The van der Waals surface area contributed by atoms with Gasteiger partial charge in [0.1, 0.15) is 0 Å². The number of aliphatic hydroxyl groups is 1.